The van der Waals surface area contributed by atoms with Crippen molar-refractivity contribution in [2.75, 3.05) is 10.6 Å². The molecule has 0 aliphatic carbocycles. The van der Waals surface area contributed by atoms with Crippen LogP contribution in [0.2, 0.25) is 0 Å². The quantitative estimate of drug-likeness (QED) is 0.389. The summed E-state index contributed by atoms with van der Waals surface area (Å²) >= 11 is 0. The number of rotatable bonds is 5. The first-order valence-corrected chi connectivity index (χ1v) is 10.8. The summed E-state index contributed by atoms with van der Waals surface area (Å²) in [6, 6.07) is 13.9. The molecule has 0 aliphatic heterocycles. The lowest BCUT2D eigenvalue weighted by atomic mass is 10.1. The molecule has 2 aromatic carbocycles. The number of ether oxygens (including phenoxy) is 2. The first kappa shape index (κ1) is 23.7. The van der Waals surface area contributed by atoms with E-state index in [1.54, 1.807) is 51.1 Å². The Labute approximate surface area is 200 Å². The van der Waals surface area contributed by atoms with Gasteiger partial charge in [0.25, 0.3) is 5.91 Å². The molecule has 9 nitrogen and oxygen atoms in total. The van der Waals surface area contributed by atoms with Crippen LogP contribution in [-0.2, 0) is 4.74 Å². The van der Waals surface area contributed by atoms with Crippen molar-refractivity contribution >= 4 is 29.2 Å². The summed E-state index contributed by atoms with van der Waals surface area (Å²) in [5, 5.41) is 9.70. The average molecular weight is 477 g/mol. The minimum Gasteiger partial charge on any atom is -0.444 e. The van der Waals surface area contributed by atoms with Crippen LogP contribution < -0.4 is 15.4 Å². The zero-order chi connectivity index (χ0) is 25.2. The predicted octanol–water partition coefficient (Wildman–Crippen LogP) is 5.57. The van der Waals surface area contributed by atoms with Crippen molar-refractivity contribution in [3.63, 3.8) is 0 Å². The van der Waals surface area contributed by atoms with Crippen molar-refractivity contribution in [3.8, 4) is 11.6 Å². The molecule has 2 amide bonds. The van der Waals surface area contributed by atoms with Crippen molar-refractivity contribution in [3.05, 3.63) is 77.7 Å². The van der Waals surface area contributed by atoms with Crippen molar-refractivity contribution in [1.29, 1.82) is 0 Å². The summed E-state index contributed by atoms with van der Waals surface area (Å²) in [7, 11) is 0. The SMILES string of the molecule is Cc1ccc(Oc2ccc3nc(NC(=O)OC(C)(C)C)cn3n2)cc1NC(=O)c1cccc(F)c1. The fourth-order valence-corrected chi connectivity index (χ4v) is 3.13. The van der Waals surface area contributed by atoms with Gasteiger partial charge >= 0.3 is 6.09 Å². The molecular weight excluding hydrogens is 453 g/mol. The third-order valence-corrected chi connectivity index (χ3v) is 4.69. The minimum absolute atomic E-state index is 0.207. The molecule has 0 aliphatic rings. The van der Waals surface area contributed by atoms with E-state index in [1.165, 1.54) is 35.0 Å². The molecule has 180 valence electrons. The maximum Gasteiger partial charge on any atom is 0.413 e. The van der Waals surface area contributed by atoms with E-state index in [2.05, 4.69) is 20.7 Å². The Kier molecular flexibility index (Phi) is 6.37. The van der Waals surface area contributed by atoms with E-state index < -0.39 is 23.4 Å². The Morgan fingerprint density at radius 2 is 1.83 bits per heavy atom. The Morgan fingerprint density at radius 1 is 1.03 bits per heavy atom. The van der Waals surface area contributed by atoms with Crippen LogP contribution >= 0.6 is 0 Å². The molecule has 2 heterocycles. The van der Waals surface area contributed by atoms with Gasteiger partial charge in [-0.2, -0.15) is 0 Å². The zero-order valence-corrected chi connectivity index (χ0v) is 19.6. The van der Waals surface area contributed by atoms with Crippen LogP contribution in [0.15, 0.2) is 60.8 Å². The molecule has 2 aromatic heterocycles. The zero-order valence-electron chi connectivity index (χ0n) is 19.6. The van der Waals surface area contributed by atoms with Gasteiger partial charge in [-0.3, -0.25) is 10.1 Å². The number of amides is 2. The monoisotopic (exact) mass is 477 g/mol. The van der Waals surface area contributed by atoms with Crippen molar-refractivity contribution in [2.45, 2.75) is 33.3 Å². The Balaban J connectivity index is 1.48. The summed E-state index contributed by atoms with van der Waals surface area (Å²) in [6.45, 7) is 7.14. The molecule has 2 N–H and O–H groups in total. The molecule has 0 unspecified atom stereocenters. The number of aromatic nitrogens is 3. The van der Waals surface area contributed by atoms with Crippen LogP contribution in [0, 0.1) is 12.7 Å². The van der Waals surface area contributed by atoms with Gasteiger partial charge < -0.3 is 14.8 Å². The average Bonchev–Trinajstić information content (AvgIpc) is 3.16. The number of nitrogens with one attached hydrogen (secondary N) is 2. The second-order valence-electron chi connectivity index (χ2n) is 8.77. The summed E-state index contributed by atoms with van der Waals surface area (Å²) in [5.74, 6) is 0.0559. The number of carbonyl (C=O) groups is 2. The molecular formula is C25H24FN5O4. The number of carbonyl (C=O) groups excluding carboxylic acids is 2. The van der Waals surface area contributed by atoms with Crippen LogP contribution in [0.4, 0.5) is 20.7 Å². The fraction of sp³-hybridized carbons (Fsp3) is 0.200. The molecule has 0 spiro atoms. The topological polar surface area (TPSA) is 107 Å². The molecule has 10 heteroatoms. The maximum absolute atomic E-state index is 13.5. The lowest BCUT2D eigenvalue weighted by Crippen LogP contribution is -2.27. The van der Waals surface area contributed by atoms with Gasteiger partial charge in [-0.15, -0.1) is 5.10 Å². The number of anilines is 2. The van der Waals surface area contributed by atoms with Gasteiger partial charge in [0, 0.05) is 23.4 Å². The van der Waals surface area contributed by atoms with Gasteiger partial charge in [0.05, 0.1) is 6.20 Å². The van der Waals surface area contributed by atoms with Crippen LogP contribution in [0.3, 0.4) is 0 Å². The van der Waals surface area contributed by atoms with E-state index in [1.807, 2.05) is 6.92 Å². The number of hydrogen-bond donors (Lipinski definition) is 2. The summed E-state index contributed by atoms with van der Waals surface area (Å²) in [6.07, 6.45) is 0.913. The van der Waals surface area contributed by atoms with E-state index in [9.17, 15) is 14.0 Å². The van der Waals surface area contributed by atoms with Crippen LogP contribution in [-0.4, -0.2) is 32.2 Å². The second kappa shape index (κ2) is 9.41. The molecule has 0 saturated carbocycles. The Hall–Kier alpha value is -4.47. The first-order chi connectivity index (χ1) is 16.6. The van der Waals surface area contributed by atoms with Crippen LogP contribution in [0.5, 0.6) is 11.6 Å². The highest BCUT2D eigenvalue weighted by molar-refractivity contribution is 6.04. The highest BCUT2D eigenvalue weighted by atomic mass is 19.1. The molecule has 0 radical (unpaired) electrons. The van der Waals surface area contributed by atoms with Gasteiger partial charge in [0.2, 0.25) is 5.88 Å². The highest BCUT2D eigenvalue weighted by Crippen LogP contribution is 2.26. The van der Waals surface area contributed by atoms with Gasteiger partial charge in [0.15, 0.2) is 11.5 Å². The molecule has 4 rings (SSSR count). The molecule has 0 fully saturated rings. The van der Waals surface area contributed by atoms with Crippen LogP contribution in [0.25, 0.3) is 5.65 Å². The smallest absolute Gasteiger partial charge is 0.413 e. The van der Waals surface area contributed by atoms with Crippen molar-refractivity contribution in [1.82, 2.24) is 14.6 Å². The summed E-state index contributed by atoms with van der Waals surface area (Å²) in [4.78, 5) is 28.8. The van der Waals surface area contributed by atoms with Gasteiger partial charge in [0.1, 0.15) is 17.2 Å². The van der Waals surface area contributed by atoms with Crippen molar-refractivity contribution < 1.29 is 23.5 Å². The van der Waals surface area contributed by atoms with E-state index in [-0.39, 0.29) is 17.3 Å². The number of hydrogen-bond acceptors (Lipinski definition) is 6. The van der Waals surface area contributed by atoms with Crippen molar-refractivity contribution in [2.24, 2.45) is 0 Å². The van der Waals surface area contributed by atoms with Gasteiger partial charge in [-0.05, 0) is 63.6 Å². The number of fused-ring (bicyclic) bond motifs is 1. The van der Waals surface area contributed by atoms with Gasteiger partial charge in [-0.25, -0.2) is 18.7 Å². The molecule has 4 aromatic rings. The summed E-state index contributed by atoms with van der Waals surface area (Å²) < 4.78 is 26.0. The first-order valence-electron chi connectivity index (χ1n) is 10.8. The lowest BCUT2D eigenvalue weighted by molar-refractivity contribution is 0.0635. The number of halogens is 1. The number of imidazole rings is 1. The third kappa shape index (κ3) is 6.11. The number of nitrogens with zero attached hydrogens (tertiary/aromatic N) is 3. The van der Waals surface area contributed by atoms with E-state index in [4.69, 9.17) is 9.47 Å². The second-order valence-corrected chi connectivity index (χ2v) is 8.77. The predicted molar refractivity (Wildman–Crippen MR) is 128 cm³/mol. The number of benzene rings is 2. The molecule has 0 atom stereocenters. The molecule has 35 heavy (non-hydrogen) atoms. The standard InChI is InChI=1S/C25H24FN5O4/c1-15-8-9-18(13-19(15)27-23(32)16-6-5-7-17(26)12-16)34-22-11-10-21-28-20(14-31(21)30-22)29-24(33)35-25(2,3)4/h5-14H,1-4H3,(H,27,32)(H,29,33). The summed E-state index contributed by atoms with van der Waals surface area (Å²) in [5.41, 5.74) is 1.39. The van der Waals surface area contributed by atoms with Crippen LogP contribution in [0.1, 0.15) is 36.7 Å². The molecule has 0 bridgehead atoms. The Bertz CT molecular complexity index is 1410. The maximum atomic E-state index is 13.5. The van der Waals surface area contributed by atoms with E-state index in [0.29, 0.717) is 17.1 Å². The minimum atomic E-state index is -0.633. The number of aryl methyl sites for hydroxylation is 1. The lowest BCUT2D eigenvalue weighted by Gasteiger charge is -2.18. The Morgan fingerprint density at radius 3 is 2.57 bits per heavy atom. The van der Waals surface area contributed by atoms with E-state index >= 15 is 0 Å². The van der Waals surface area contributed by atoms with Gasteiger partial charge in [-0.1, -0.05) is 12.1 Å². The molecule has 0 saturated heterocycles. The van der Waals surface area contributed by atoms with E-state index in [0.717, 1.165) is 5.56 Å². The highest BCUT2D eigenvalue weighted by Gasteiger charge is 2.17. The fourth-order valence-electron chi connectivity index (χ4n) is 3.13. The third-order valence-electron chi connectivity index (χ3n) is 4.69. The normalized spacial score (nSPS) is 11.2. The largest absolute Gasteiger partial charge is 0.444 e.